The summed E-state index contributed by atoms with van der Waals surface area (Å²) < 4.78 is 0. The molecule has 0 radical (unpaired) electrons. The Hall–Kier alpha value is -0.0400. The van der Waals surface area contributed by atoms with Gasteiger partial charge in [-0.05, 0) is 63.3 Å². The first kappa shape index (κ1) is 8.28. The maximum atomic E-state index is 3.66. The highest BCUT2D eigenvalue weighted by molar-refractivity contribution is 5.19. The lowest BCUT2D eigenvalue weighted by Crippen LogP contribution is -2.61. The first-order chi connectivity index (χ1) is 6.23. The average molecular weight is 179 g/mol. The predicted molar refractivity (Wildman–Crippen MR) is 54.6 cm³/mol. The summed E-state index contributed by atoms with van der Waals surface area (Å²) >= 11 is 0. The Morgan fingerprint density at radius 2 is 1.85 bits per heavy atom. The molecule has 0 aromatic heterocycles. The second-order valence-electron chi connectivity index (χ2n) is 5.67. The lowest BCUT2D eigenvalue weighted by atomic mass is 9.52. The van der Waals surface area contributed by atoms with E-state index in [4.69, 9.17) is 0 Å². The average Bonchev–Trinajstić information content (AvgIpc) is 2.59. The zero-order valence-corrected chi connectivity index (χ0v) is 8.90. The van der Waals surface area contributed by atoms with Gasteiger partial charge >= 0.3 is 0 Å². The first-order valence-electron chi connectivity index (χ1n) is 5.92. The Morgan fingerprint density at radius 3 is 2.31 bits per heavy atom. The molecule has 3 aliphatic carbocycles. The van der Waals surface area contributed by atoms with Gasteiger partial charge in [-0.25, -0.2) is 0 Å². The Labute approximate surface area is 81.3 Å². The fourth-order valence-corrected chi connectivity index (χ4v) is 4.78. The molecule has 0 saturated heterocycles. The summed E-state index contributed by atoms with van der Waals surface area (Å²) in [5.41, 5.74) is 1.22. The second-order valence-corrected chi connectivity index (χ2v) is 5.67. The van der Waals surface area contributed by atoms with Gasteiger partial charge < -0.3 is 5.32 Å². The van der Waals surface area contributed by atoms with Gasteiger partial charge in [-0.15, -0.1) is 0 Å². The van der Waals surface area contributed by atoms with Gasteiger partial charge in [-0.2, -0.15) is 0 Å². The van der Waals surface area contributed by atoms with Crippen LogP contribution < -0.4 is 5.32 Å². The number of hydrogen-bond acceptors (Lipinski definition) is 1. The first-order valence-corrected chi connectivity index (χ1v) is 5.92. The molecule has 3 saturated carbocycles. The van der Waals surface area contributed by atoms with Crippen molar-refractivity contribution in [3.05, 3.63) is 0 Å². The summed E-state index contributed by atoms with van der Waals surface area (Å²) in [6.45, 7) is 2.50. The molecule has 3 atom stereocenters. The molecule has 13 heavy (non-hydrogen) atoms. The van der Waals surface area contributed by atoms with E-state index >= 15 is 0 Å². The Bertz CT molecular complexity index is 216. The Kier molecular flexibility index (Phi) is 1.47. The number of rotatable bonds is 1. The van der Waals surface area contributed by atoms with Gasteiger partial charge in [0.2, 0.25) is 0 Å². The molecule has 0 aromatic rings. The van der Waals surface area contributed by atoms with Crippen LogP contribution in [0.3, 0.4) is 0 Å². The van der Waals surface area contributed by atoms with Crippen LogP contribution in [0, 0.1) is 17.3 Å². The molecule has 0 amide bonds. The summed E-state index contributed by atoms with van der Waals surface area (Å²) in [7, 11) is 2.18. The van der Waals surface area contributed by atoms with Crippen molar-refractivity contribution in [1.29, 1.82) is 0 Å². The SMILES string of the molecule is CN[C@@]1(C)[C@@H]2CC[C@@H](C2)C12CCC2. The fraction of sp³-hybridized carbons (Fsp3) is 1.00. The lowest BCUT2D eigenvalue weighted by molar-refractivity contribution is -0.0363. The molecule has 1 nitrogen and oxygen atoms in total. The van der Waals surface area contributed by atoms with Crippen LogP contribution in [-0.4, -0.2) is 12.6 Å². The van der Waals surface area contributed by atoms with E-state index in [0.717, 1.165) is 17.3 Å². The van der Waals surface area contributed by atoms with E-state index in [9.17, 15) is 0 Å². The van der Waals surface area contributed by atoms with E-state index in [1.165, 1.54) is 38.5 Å². The quantitative estimate of drug-likeness (QED) is 0.652. The normalized spacial score (nSPS) is 51.2. The molecule has 0 heterocycles. The van der Waals surface area contributed by atoms with Crippen molar-refractivity contribution in [1.82, 2.24) is 5.32 Å². The minimum Gasteiger partial charge on any atom is -0.314 e. The highest BCUT2D eigenvalue weighted by Gasteiger charge is 2.66. The maximum Gasteiger partial charge on any atom is 0.0237 e. The van der Waals surface area contributed by atoms with Crippen molar-refractivity contribution < 1.29 is 0 Å². The number of hydrogen-bond donors (Lipinski definition) is 1. The zero-order chi connectivity index (χ0) is 9.10. The third-order valence-corrected chi connectivity index (χ3v) is 5.83. The third-order valence-electron chi connectivity index (χ3n) is 5.83. The highest BCUT2D eigenvalue weighted by Crippen LogP contribution is 2.69. The minimum absolute atomic E-state index is 0.494. The van der Waals surface area contributed by atoms with Crippen LogP contribution in [0.2, 0.25) is 0 Å². The Morgan fingerprint density at radius 1 is 1.15 bits per heavy atom. The van der Waals surface area contributed by atoms with E-state index in [1.807, 2.05) is 0 Å². The molecule has 3 fully saturated rings. The van der Waals surface area contributed by atoms with Crippen molar-refractivity contribution in [3.8, 4) is 0 Å². The standard InChI is InChI=1S/C12H21N/c1-11(13-2)9-4-5-10(8-9)12(11)6-3-7-12/h9-10,13H,3-8H2,1-2H3/t9-,10+,11+/m1/s1. The second kappa shape index (κ2) is 2.31. The topological polar surface area (TPSA) is 12.0 Å². The summed E-state index contributed by atoms with van der Waals surface area (Å²) in [6.07, 6.45) is 9.04. The molecule has 0 aliphatic heterocycles. The molecular weight excluding hydrogens is 158 g/mol. The highest BCUT2D eigenvalue weighted by atomic mass is 15.0. The fourth-order valence-electron chi connectivity index (χ4n) is 4.78. The molecular formula is C12H21N. The van der Waals surface area contributed by atoms with Gasteiger partial charge in [0.15, 0.2) is 0 Å². The summed E-state index contributed by atoms with van der Waals surface area (Å²) in [5, 5.41) is 3.66. The van der Waals surface area contributed by atoms with Gasteiger partial charge in [-0.1, -0.05) is 6.42 Å². The monoisotopic (exact) mass is 179 g/mol. The smallest absolute Gasteiger partial charge is 0.0237 e. The van der Waals surface area contributed by atoms with E-state index in [-0.39, 0.29) is 0 Å². The van der Waals surface area contributed by atoms with Crippen LogP contribution in [0.15, 0.2) is 0 Å². The van der Waals surface area contributed by atoms with Crippen molar-refractivity contribution in [2.45, 2.75) is 51.0 Å². The van der Waals surface area contributed by atoms with E-state index in [1.54, 1.807) is 0 Å². The van der Waals surface area contributed by atoms with Crippen LogP contribution in [0.4, 0.5) is 0 Å². The van der Waals surface area contributed by atoms with Crippen LogP contribution in [0.5, 0.6) is 0 Å². The third kappa shape index (κ3) is 0.707. The molecule has 3 rings (SSSR count). The predicted octanol–water partition coefficient (Wildman–Crippen LogP) is 2.56. The van der Waals surface area contributed by atoms with Crippen molar-refractivity contribution >= 4 is 0 Å². The van der Waals surface area contributed by atoms with Crippen LogP contribution in [-0.2, 0) is 0 Å². The maximum absolute atomic E-state index is 3.66. The minimum atomic E-state index is 0.494. The van der Waals surface area contributed by atoms with Gasteiger partial charge in [-0.3, -0.25) is 0 Å². The van der Waals surface area contributed by atoms with Crippen LogP contribution in [0.1, 0.15) is 45.4 Å². The molecule has 1 spiro atoms. The van der Waals surface area contributed by atoms with Crippen molar-refractivity contribution in [3.63, 3.8) is 0 Å². The van der Waals surface area contributed by atoms with E-state index in [0.29, 0.717) is 5.54 Å². The molecule has 1 N–H and O–H groups in total. The van der Waals surface area contributed by atoms with Crippen molar-refractivity contribution in [2.24, 2.45) is 17.3 Å². The summed E-state index contributed by atoms with van der Waals surface area (Å²) in [6, 6.07) is 0. The van der Waals surface area contributed by atoms with Gasteiger partial charge in [0.05, 0.1) is 0 Å². The Balaban J connectivity index is 2.00. The molecule has 74 valence electrons. The number of fused-ring (bicyclic) bond motifs is 3. The van der Waals surface area contributed by atoms with Gasteiger partial charge in [0.25, 0.3) is 0 Å². The largest absolute Gasteiger partial charge is 0.314 e. The zero-order valence-electron chi connectivity index (χ0n) is 8.90. The molecule has 1 heteroatoms. The summed E-state index contributed by atoms with van der Waals surface area (Å²) in [4.78, 5) is 0. The van der Waals surface area contributed by atoms with E-state index < -0.39 is 0 Å². The summed E-state index contributed by atoms with van der Waals surface area (Å²) in [5.74, 6) is 2.06. The van der Waals surface area contributed by atoms with E-state index in [2.05, 4.69) is 19.3 Å². The van der Waals surface area contributed by atoms with Crippen LogP contribution >= 0.6 is 0 Å². The van der Waals surface area contributed by atoms with Crippen LogP contribution in [0.25, 0.3) is 0 Å². The molecule has 3 aliphatic rings. The lowest BCUT2D eigenvalue weighted by Gasteiger charge is -2.57. The van der Waals surface area contributed by atoms with Crippen molar-refractivity contribution in [2.75, 3.05) is 7.05 Å². The molecule has 0 aromatic carbocycles. The molecule has 0 unspecified atom stereocenters. The molecule has 2 bridgehead atoms. The number of nitrogens with one attached hydrogen (secondary N) is 1. The van der Waals surface area contributed by atoms with Gasteiger partial charge in [0.1, 0.15) is 0 Å². The van der Waals surface area contributed by atoms with Gasteiger partial charge in [0, 0.05) is 5.54 Å².